The van der Waals surface area contributed by atoms with Gasteiger partial charge in [0.05, 0.1) is 0 Å². The van der Waals surface area contributed by atoms with Crippen LogP contribution in [0.25, 0.3) is 0 Å². The summed E-state index contributed by atoms with van der Waals surface area (Å²) in [6.07, 6.45) is 3.00. The molecule has 0 spiro atoms. The summed E-state index contributed by atoms with van der Waals surface area (Å²) in [4.78, 5) is 10.5. The lowest BCUT2D eigenvalue weighted by Crippen LogP contribution is -2.48. The molecular weight excluding hydrogens is 224 g/mol. The van der Waals surface area contributed by atoms with Gasteiger partial charge in [-0.2, -0.15) is 0 Å². The van der Waals surface area contributed by atoms with Crippen LogP contribution in [-0.2, 0) is 11.8 Å². The van der Waals surface area contributed by atoms with Gasteiger partial charge in [0.1, 0.15) is 5.82 Å². The van der Waals surface area contributed by atoms with E-state index in [0.29, 0.717) is 6.04 Å². The molecule has 4 nitrogen and oxygen atoms in total. The van der Waals surface area contributed by atoms with E-state index >= 15 is 0 Å². The molecule has 0 aliphatic carbocycles. The van der Waals surface area contributed by atoms with Crippen molar-refractivity contribution in [2.45, 2.75) is 45.6 Å². The second-order valence-electron chi connectivity index (χ2n) is 6.33. The summed E-state index contributed by atoms with van der Waals surface area (Å²) >= 11 is 0. The topological polar surface area (TPSA) is 44.0 Å². The Morgan fingerprint density at radius 3 is 2.56 bits per heavy atom. The lowest BCUT2D eigenvalue weighted by Gasteiger charge is -2.32. The average molecular weight is 250 g/mol. The lowest BCUT2D eigenvalue weighted by atomic mass is 9.93. The fraction of sp³-hybridized carbons (Fsp3) is 0.786. The Morgan fingerprint density at radius 2 is 2.00 bits per heavy atom. The molecular formula is C14H26N4. The number of H-pyrrole nitrogens is 1. The molecule has 1 fully saturated rings. The van der Waals surface area contributed by atoms with E-state index in [9.17, 15) is 0 Å². The maximum Gasteiger partial charge on any atom is 0.107 e. The van der Waals surface area contributed by atoms with Crippen molar-refractivity contribution < 1.29 is 0 Å². The van der Waals surface area contributed by atoms with E-state index < -0.39 is 0 Å². The number of nitrogens with zero attached hydrogens (tertiary/aromatic N) is 2. The predicted molar refractivity (Wildman–Crippen MR) is 74.9 cm³/mol. The Hall–Kier alpha value is -0.870. The average Bonchev–Trinajstić information content (AvgIpc) is 2.78. The van der Waals surface area contributed by atoms with E-state index in [1.54, 1.807) is 0 Å². The molecule has 1 aromatic rings. The van der Waals surface area contributed by atoms with Crippen LogP contribution in [0.2, 0.25) is 0 Å². The summed E-state index contributed by atoms with van der Waals surface area (Å²) in [6, 6.07) is 0.561. The maximum atomic E-state index is 4.52. The van der Waals surface area contributed by atoms with E-state index in [0.717, 1.165) is 38.4 Å². The first-order valence-corrected chi connectivity index (χ1v) is 6.96. The Labute approximate surface area is 110 Å². The molecule has 2 rings (SSSR count). The molecule has 1 saturated heterocycles. The number of aromatic nitrogens is 2. The number of imidazole rings is 1. The monoisotopic (exact) mass is 250 g/mol. The third-order valence-corrected chi connectivity index (χ3v) is 3.70. The highest BCUT2D eigenvalue weighted by molar-refractivity contribution is 5.11. The first-order valence-electron chi connectivity index (χ1n) is 6.96. The quantitative estimate of drug-likeness (QED) is 0.855. The van der Waals surface area contributed by atoms with Crippen LogP contribution < -0.4 is 5.32 Å². The first-order chi connectivity index (χ1) is 8.47. The highest BCUT2D eigenvalue weighted by Gasteiger charge is 2.20. The first kappa shape index (κ1) is 13.6. The molecule has 0 aromatic carbocycles. The number of hydrogen-bond donors (Lipinski definition) is 2. The van der Waals surface area contributed by atoms with E-state index in [1.807, 2.05) is 6.20 Å². The standard InChI is InChI=1S/C14H26N4/c1-11(18-7-5-15-6-8-18)9-13-16-10-12(17-13)14(2,3)4/h10-11,15H,5-9H2,1-4H3,(H,16,17). The molecule has 18 heavy (non-hydrogen) atoms. The van der Waals surface area contributed by atoms with Gasteiger partial charge in [-0.15, -0.1) is 0 Å². The number of hydrogen-bond acceptors (Lipinski definition) is 3. The molecule has 0 saturated carbocycles. The van der Waals surface area contributed by atoms with Crippen LogP contribution in [-0.4, -0.2) is 47.1 Å². The summed E-state index contributed by atoms with van der Waals surface area (Å²) in [7, 11) is 0. The highest BCUT2D eigenvalue weighted by Crippen LogP contribution is 2.20. The molecule has 1 aliphatic rings. The molecule has 0 radical (unpaired) electrons. The minimum Gasteiger partial charge on any atom is -0.345 e. The molecule has 4 heteroatoms. The molecule has 1 unspecified atom stereocenters. The van der Waals surface area contributed by atoms with Gasteiger partial charge in [-0.3, -0.25) is 4.90 Å². The predicted octanol–water partition coefficient (Wildman–Crippen LogP) is 1.54. The van der Waals surface area contributed by atoms with E-state index in [2.05, 4.69) is 47.9 Å². The van der Waals surface area contributed by atoms with Crippen LogP contribution in [0.15, 0.2) is 6.20 Å². The molecule has 2 heterocycles. The third kappa shape index (κ3) is 3.33. The minimum atomic E-state index is 0.156. The second-order valence-corrected chi connectivity index (χ2v) is 6.33. The van der Waals surface area contributed by atoms with Gasteiger partial charge in [0.2, 0.25) is 0 Å². The molecule has 1 atom stereocenters. The number of piperazine rings is 1. The van der Waals surface area contributed by atoms with Crippen LogP contribution >= 0.6 is 0 Å². The van der Waals surface area contributed by atoms with Crippen molar-refractivity contribution in [2.75, 3.05) is 26.2 Å². The van der Waals surface area contributed by atoms with Gasteiger partial charge in [-0.25, -0.2) is 4.98 Å². The van der Waals surface area contributed by atoms with Crippen molar-refractivity contribution in [1.29, 1.82) is 0 Å². The summed E-state index contributed by atoms with van der Waals surface area (Å²) in [5.41, 5.74) is 1.38. The van der Waals surface area contributed by atoms with Gasteiger partial charge in [0.15, 0.2) is 0 Å². The van der Waals surface area contributed by atoms with Gasteiger partial charge in [0.25, 0.3) is 0 Å². The summed E-state index contributed by atoms with van der Waals surface area (Å²) in [5.74, 6) is 1.12. The van der Waals surface area contributed by atoms with Crippen molar-refractivity contribution in [2.24, 2.45) is 0 Å². The maximum absolute atomic E-state index is 4.52. The van der Waals surface area contributed by atoms with E-state index in [1.165, 1.54) is 5.69 Å². The zero-order valence-corrected chi connectivity index (χ0v) is 12.1. The van der Waals surface area contributed by atoms with Gasteiger partial charge in [-0.1, -0.05) is 20.8 Å². The smallest absolute Gasteiger partial charge is 0.107 e. The van der Waals surface area contributed by atoms with Crippen LogP contribution in [0.5, 0.6) is 0 Å². The van der Waals surface area contributed by atoms with Gasteiger partial charge < -0.3 is 10.3 Å². The second kappa shape index (κ2) is 5.41. The molecule has 102 valence electrons. The normalized spacial score (nSPS) is 20.0. The van der Waals surface area contributed by atoms with Crippen LogP contribution in [0.3, 0.4) is 0 Å². The Kier molecular flexibility index (Phi) is 4.07. The van der Waals surface area contributed by atoms with Crippen molar-refractivity contribution in [3.63, 3.8) is 0 Å². The number of nitrogens with one attached hydrogen (secondary N) is 2. The highest BCUT2D eigenvalue weighted by atomic mass is 15.2. The summed E-state index contributed by atoms with van der Waals surface area (Å²) < 4.78 is 0. The largest absolute Gasteiger partial charge is 0.345 e. The van der Waals surface area contributed by atoms with Gasteiger partial charge in [0, 0.05) is 55.9 Å². The molecule has 2 N–H and O–H groups in total. The van der Waals surface area contributed by atoms with Crippen molar-refractivity contribution in [3.8, 4) is 0 Å². The van der Waals surface area contributed by atoms with Gasteiger partial charge >= 0.3 is 0 Å². The van der Waals surface area contributed by atoms with Crippen molar-refractivity contribution in [3.05, 3.63) is 17.7 Å². The van der Waals surface area contributed by atoms with Crippen molar-refractivity contribution in [1.82, 2.24) is 20.2 Å². The van der Waals surface area contributed by atoms with Crippen molar-refractivity contribution >= 4 is 0 Å². The molecule has 0 amide bonds. The van der Waals surface area contributed by atoms with E-state index in [-0.39, 0.29) is 5.41 Å². The van der Waals surface area contributed by atoms with Gasteiger partial charge in [-0.05, 0) is 6.92 Å². The lowest BCUT2D eigenvalue weighted by molar-refractivity contribution is 0.182. The fourth-order valence-corrected chi connectivity index (χ4v) is 2.38. The SMILES string of the molecule is CC(Cc1ncc(C(C)(C)C)[nH]1)N1CCNCC1. The van der Waals surface area contributed by atoms with Crippen LogP contribution in [0.1, 0.15) is 39.2 Å². The number of aromatic amines is 1. The molecule has 1 aromatic heterocycles. The van der Waals surface area contributed by atoms with E-state index in [4.69, 9.17) is 0 Å². The van der Waals surface area contributed by atoms with Crippen LogP contribution in [0, 0.1) is 0 Å². The Balaban J connectivity index is 1.94. The zero-order valence-electron chi connectivity index (χ0n) is 12.1. The zero-order chi connectivity index (χ0) is 13.2. The Morgan fingerprint density at radius 1 is 1.33 bits per heavy atom. The summed E-state index contributed by atoms with van der Waals surface area (Å²) in [6.45, 7) is 13.4. The number of rotatable bonds is 3. The molecule has 1 aliphatic heterocycles. The molecule has 0 bridgehead atoms. The fourth-order valence-electron chi connectivity index (χ4n) is 2.38. The summed E-state index contributed by atoms with van der Waals surface area (Å²) in [5, 5.41) is 3.39. The minimum absolute atomic E-state index is 0.156. The Bertz CT molecular complexity index is 371. The van der Waals surface area contributed by atoms with Crippen LogP contribution in [0.4, 0.5) is 0 Å². The third-order valence-electron chi connectivity index (χ3n) is 3.70.